The van der Waals surface area contributed by atoms with Gasteiger partial charge >= 0.3 is 0 Å². The molecule has 0 spiro atoms. The number of nitrogens with zero attached hydrogens (tertiary/aromatic N) is 2. The second-order valence-corrected chi connectivity index (χ2v) is 6.03. The molecule has 0 aromatic carbocycles. The summed E-state index contributed by atoms with van der Waals surface area (Å²) >= 11 is 0. The van der Waals surface area contributed by atoms with Crippen LogP contribution < -0.4 is 5.32 Å². The molecule has 3 amide bonds. The zero-order chi connectivity index (χ0) is 15.7. The molecule has 1 saturated heterocycles. The Morgan fingerprint density at radius 2 is 1.91 bits per heavy atom. The molecule has 1 N–H and O–H groups in total. The van der Waals surface area contributed by atoms with E-state index in [0.29, 0.717) is 5.82 Å². The van der Waals surface area contributed by atoms with E-state index < -0.39 is 5.91 Å². The Morgan fingerprint density at radius 3 is 2.50 bits per heavy atom. The molecule has 1 aliphatic heterocycles. The molecule has 0 unspecified atom stereocenters. The summed E-state index contributed by atoms with van der Waals surface area (Å²) in [5.74, 6) is -0.777. The van der Waals surface area contributed by atoms with Gasteiger partial charge in [-0.1, -0.05) is 12.8 Å². The number of pyridine rings is 1. The van der Waals surface area contributed by atoms with E-state index in [9.17, 15) is 14.4 Å². The molecule has 1 saturated carbocycles. The third-order valence-corrected chi connectivity index (χ3v) is 4.42. The van der Waals surface area contributed by atoms with Gasteiger partial charge in [-0.05, 0) is 37.5 Å². The lowest BCUT2D eigenvalue weighted by Crippen LogP contribution is -2.38. The van der Waals surface area contributed by atoms with Crippen molar-refractivity contribution in [3.63, 3.8) is 0 Å². The number of hydrogen-bond acceptors (Lipinski definition) is 4. The van der Waals surface area contributed by atoms with Crippen molar-refractivity contribution in [3.05, 3.63) is 23.9 Å². The molecule has 116 valence electrons. The van der Waals surface area contributed by atoms with E-state index in [1.165, 1.54) is 0 Å². The fourth-order valence-electron chi connectivity index (χ4n) is 3.32. The Bertz CT molecular complexity index is 605. The number of aromatic nitrogens is 1. The highest BCUT2D eigenvalue weighted by atomic mass is 16.2. The molecule has 6 nitrogen and oxygen atoms in total. The van der Waals surface area contributed by atoms with E-state index in [1.807, 2.05) is 13.0 Å². The Balaban J connectivity index is 1.66. The maximum absolute atomic E-state index is 12.3. The van der Waals surface area contributed by atoms with Crippen LogP contribution in [0.15, 0.2) is 18.3 Å². The molecule has 2 atom stereocenters. The van der Waals surface area contributed by atoms with Gasteiger partial charge in [0.1, 0.15) is 12.4 Å². The van der Waals surface area contributed by atoms with E-state index >= 15 is 0 Å². The molecule has 0 bridgehead atoms. The van der Waals surface area contributed by atoms with E-state index in [0.717, 1.165) is 36.1 Å². The predicted molar refractivity (Wildman–Crippen MR) is 79.8 cm³/mol. The minimum absolute atomic E-state index is 0.193. The Morgan fingerprint density at radius 1 is 1.27 bits per heavy atom. The summed E-state index contributed by atoms with van der Waals surface area (Å²) in [6, 6.07) is 3.57. The van der Waals surface area contributed by atoms with Crippen molar-refractivity contribution in [2.75, 3.05) is 11.9 Å². The van der Waals surface area contributed by atoms with Crippen molar-refractivity contribution in [1.29, 1.82) is 0 Å². The number of aryl methyl sites for hydroxylation is 1. The smallest absolute Gasteiger partial charge is 0.245 e. The van der Waals surface area contributed by atoms with Crippen molar-refractivity contribution in [3.8, 4) is 0 Å². The molecule has 3 rings (SSSR count). The summed E-state index contributed by atoms with van der Waals surface area (Å²) in [5.41, 5.74) is 0.977. The minimum Gasteiger partial charge on any atom is -0.309 e. The lowest BCUT2D eigenvalue weighted by atomic mass is 9.81. The van der Waals surface area contributed by atoms with Crippen molar-refractivity contribution in [1.82, 2.24) is 9.88 Å². The first-order chi connectivity index (χ1) is 10.6. The monoisotopic (exact) mass is 301 g/mol. The van der Waals surface area contributed by atoms with Crippen molar-refractivity contribution >= 4 is 23.5 Å². The molecule has 1 aromatic heterocycles. The lowest BCUT2D eigenvalue weighted by Gasteiger charge is -2.19. The molecule has 1 aliphatic carbocycles. The summed E-state index contributed by atoms with van der Waals surface area (Å²) in [6.07, 6.45) is 5.08. The average molecular weight is 301 g/mol. The highest BCUT2D eigenvalue weighted by Gasteiger charge is 2.48. The van der Waals surface area contributed by atoms with Gasteiger partial charge in [-0.3, -0.25) is 19.3 Å². The van der Waals surface area contributed by atoms with Crippen LogP contribution in [0.4, 0.5) is 5.82 Å². The van der Waals surface area contributed by atoms with E-state index in [-0.39, 0.29) is 30.2 Å². The maximum Gasteiger partial charge on any atom is 0.245 e. The fraction of sp³-hybridized carbons (Fsp3) is 0.500. The summed E-state index contributed by atoms with van der Waals surface area (Å²) in [5, 5.41) is 2.64. The van der Waals surface area contributed by atoms with Crippen LogP contribution in [0, 0.1) is 18.8 Å². The number of anilines is 1. The Hall–Kier alpha value is -2.24. The van der Waals surface area contributed by atoms with Crippen LogP contribution in [0.25, 0.3) is 0 Å². The third kappa shape index (κ3) is 2.73. The second kappa shape index (κ2) is 5.87. The molecule has 2 fully saturated rings. The van der Waals surface area contributed by atoms with Crippen LogP contribution in [-0.4, -0.2) is 34.2 Å². The van der Waals surface area contributed by atoms with Gasteiger partial charge in [0.15, 0.2) is 0 Å². The summed E-state index contributed by atoms with van der Waals surface area (Å²) in [7, 11) is 0. The topological polar surface area (TPSA) is 79.4 Å². The average Bonchev–Trinajstić information content (AvgIpc) is 2.73. The van der Waals surface area contributed by atoms with Crippen molar-refractivity contribution in [2.24, 2.45) is 11.8 Å². The maximum atomic E-state index is 12.3. The molecular formula is C16H19N3O3. The molecular weight excluding hydrogens is 282 g/mol. The number of carbonyl (C=O) groups excluding carboxylic acids is 3. The summed E-state index contributed by atoms with van der Waals surface area (Å²) in [6.45, 7) is 1.68. The van der Waals surface area contributed by atoms with Gasteiger partial charge in [0, 0.05) is 6.20 Å². The first kappa shape index (κ1) is 14.7. The normalized spacial score (nSPS) is 24.3. The fourth-order valence-corrected chi connectivity index (χ4v) is 3.32. The predicted octanol–water partition coefficient (Wildman–Crippen LogP) is 1.50. The van der Waals surface area contributed by atoms with Gasteiger partial charge in [-0.25, -0.2) is 4.98 Å². The quantitative estimate of drug-likeness (QED) is 0.858. The molecule has 2 aliphatic rings. The summed E-state index contributed by atoms with van der Waals surface area (Å²) < 4.78 is 0. The molecule has 6 heteroatoms. The Labute approximate surface area is 128 Å². The number of likely N-dealkylation sites (tertiary alicyclic amines) is 1. The zero-order valence-electron chi connectivity index (χ0n) is 12.5. The molecule has 22 heavy (non-hydrogen) atoms. The molecule has 2 heterocycles. The largest absolute Gasteiger partial charge is 0.309 e. The Kier molecular flexibility index (Phi) is 3.92. The van der Waals surface area contributed by atoms with Crippen LogP contribution in [0.2, 0.25) is 0 Å². The molecule has 1 aromatic rings. The number of carbonyl (C=O) groups is 3. The number of rotatable bonds is 3. The van der Waals surface area contributed by atoms with Gasteiger partial charge in [0.05, 0.1) is 11.8 Å². The van der Waals surface area contributed by atoms with Gasteiger partial charge in [-0.15, -0.1) is 0 Å². The standard InChI is InChI=1S/C16H19N3O3/c1-10-6-7-17-13(8-10)18-14(20)9-19-15(21)11-4-2-3-5-12(11)16(19)22/h6-8,11-12H,2-5,9H2,1H3,(H,17,18,20)/t11-,12+. The highest BCUT2D eigenvalue weighted by Crippen LogP contribution is 2.37. The number of imide groups is 1. The first-order valence-corrected chi connectivity index (χ1v) is 7.64. The van der Waals surface area contributed by atoms with Crippen molar-refractivity contribution in [2.45, 2.75) is 32.6 Å². The van der Waals surface area contributed by atoms with Crippen LogP contribution in [0.1, 0.15) is 31.2 Å². The number of nitrogens with one attached hydrogen (secondary N) is 1. The number of fused-ring (bicyclic) bond motifs is 1. The van der Waals surface area contributed by atoms with Gasteiger partial charge in [0.2, 0.25) is 17.7 Å². The SMILES string of the molecule is Cc1ccnc(NC(=O)CN2C(=O)[C@H]3CCCC[C@H]3C2=O)c1. The zero-order valence-corrected chi connectivity index (χ0v) is 12.5. The van der Waals surface area contributed by atoms with Crippen molar-refractivity contribution < 1.29 is 14.4 Å². The second-order valence-electron chi connectivity index (χ2n) is 6.03. The molecule has 0 radical (unpaired) electrons. The van der Waals surface area contributed by atoms with E-state index in [2.05, 4.69) is 10.3 Å². The first-order valence-electron chi connectivity index (χ1n) is 7.64. The van der Waals surface area contributed by atoms with E-state index in [1.54, 1.807) is 12.3 Å². The van der Waals surface area contributed by atoms with Gasteiger partial charge in [0.25, 0.3) is 0 Å². The van der Waals surface area contributed by atoms with Crippen LogP contribution in [0.5, 0.6) is 0 Å². The lowest BCUT2D eigenvalue weighted by molar-refractivity contribution is -0.142. The van der Waals surface area contributed by atoms with E-state index in [4.69, 9.17) is 0 Å². The summed E-state index contributed by atoms with van der Waals surface area (Å²) in [4.78, 5) is 41.8. The van der Waals surface area contributed by atoms with Gasteiger partial charge in [-0.2, -0.15) is 0 Å². The van der Waals surface area contributed by atoms with Crippen LogP contribution in [-0.2, 0) is 14.4 Å². The van der Waals surface area contributed by atoms with Crippen LogP contribution in [0.3, 0.4) is 0 Å². The van der Waals surface area contributed by atoms with Crippen LogP contribution >= 0.6 is 0 Å². The highest BCUT2D eigenvalue weighted by molar-refractivity contribution is 6.08. The number of amides is 3. The van der Waals surface area contributed by atoms with Gasteiger partial charge < -0.3 is 5.32 Å². The number of hydrogen-bond donors (Lipinski definition) is 1. The third-order valence-electron chi connectivity index (χ3n) is 4.42. The minimum atomic E-state index is -0.390.